The van der Waals surface area contributed by atoms with E-state index in [1.54, 1.807) is 7.05 Å². The van der Waals surface area contributed by atoms with Crippen molar-refractivity contribution in [1.29, 1.82) is 0 Å². The van der Waals surface area contributed by atoms with Crippen molar-refractivity contribution >= 4 is 17.3 Å². The van der Waals surface area contributed by atoms with E-state index in [0.29, 0.717) is 5.69 Å². The number of nitro benzene ring substituents is 1. The van der Waals surface area contributed by atoms with E-state index in [4.69, 9.17) is 0 Å². The Labute approximate surface area is 118 Å². The molecule has 0 aromatic heterocycles. The normalized spacial score (nSPS) is 12.6. The zero-order valence-corrected chi connectivity index (χ0v) is 11.3. The van der Waals surface area contributed by atoms with E-state index in [-0.39, 0.29) is 5.56 Å². The van der Waals surface area contributed by atoms with E-state index in [2.05, 4.69) is 10.6 Å². The van der Waals surface area contributed by atoms with Crippen LogP contribution in [0.15, 0.2) is 18.2 Å². The third-order valence-electron chi connectivity index (χ3n) is 2.64. The first kappa shape index (κ1) is 16.7. The van der Waals surface area contributed by atoms with Gasteiger partial charge in [-0.1, -0.05) is 0 Å². The molecule has 0 aliphatic rings. The van der Waals surface area contributed by atoms with Crippen LogP contribution in [0, 0.1) is 10.1 Å². The molecule has 2 N–H and O–H groups in total. The maximum absolute atomic E-state index is 12.2. The van der Waals surface area contributed by atoms with Gasteiger partial charge in [-0.3, -0.25) is 14.9 Å². The Morgan fingerprint density at radius 1 is 1.43 bits per heavy atom. The molecule has 1 unspecified atom stereocenters. The van der Waals surface area contributed by atoms with Crippen LogP contribution >= 0.6 is 0 Å². The molecular weight excluding hydrogens is 291 g/mol. The maximum atomic E-state index is 12.2. The fourth-order valence-corrected chi connectivity index (χ4v) is 1.73. The number of carbonyl (C=O) groups excluding carboxylic acids is 1. The summed E-state index contributed by atoms with van der Waals surface area (Å²) in [6.07, 6.45) is -5.64. The lowest BCUT2D eigenvalue weighted by Gasteiger charge is -2.16. The van der Waals surface area contributed by atoms with Gasteiger partial charge in [-0.05, 0) is 19.1 Å². The number of halogens is 3. The quantitative estimate of drug-likeness (QED) is 0.647. The fourth-order valence-electron chi connectivity index (χ4n) is 1.73. The Morgan fingerprint density at radius 2 is 2.05 bits per heavy atom. The maximum Gasteiger partial charge on any atom is 0.391 e. The largest absolute Gasteiger partial charge is 0.391 e. The lowest BCUT2D eigenvalue weighted by atomic mass is 10.1. The van der Waals surface area contributed by atoms with Crippen molar-refractivity contribution in [3.63, 3.8) is 0 Å². The number of hydrogen-bond acceptors (Lipinski definition) is 4. The van der Waals surface area contributed by atoms with Crippen LogP contribution in [0.1, 0.15) is 23.7 Å². The number of amides is 1. The fraction of sp³-hybridized carbons (Fsp3) is 0.417. The van der Waals surface area contributed by atoms with Crippen LogP contribution in [0.4, 0.5) is 24.5 Å². The van der Waals surface area contributed by atoms with Crippen molar-refractivity contribution in [1.82, 2.24) is 5.32 Å². The van der Waals surface area contributed by atoms with Crippen LogP contribution in [0.3, 0.4) is 0 Å². The van der Waals surface area contributed by atoms with E-state index in [1.807, 2.05) is 0 Å². The molecule has 0 aliphatic carbocycles. The van der Waals surface area contributed by atoms with Crippen molar-refractivity contribution in [2.24, 2.45) is 0 Å². The Morgan fingerprint density at radius 3 is 2.52 bits per heavy atom. The molecule has 1 aromatic rings. The third-order valence-corrected chi connectivity index (χ3v) is 2.64. The van der Waals surface area contributed by atoms with Gasteiger partial charge in [-0.2, -0.15) is 13.2 Å². The van der Waals surface area contributed by atoms with Gasteiger partial charge in [0, 0.05) is 24.8 Å². The van der Waals surface area contributed by atoms with E-state index in [9.17, 15) is 28.1 Å². The predicted octanol–water partition coefficient (Wildman–Crippen LogP) is 2.71. The summed E-state index contributed by atoms with van der Waals surface area (Å²) in [6, 6.07) is 2.55. The highest BCUT2D eigenvalue weighted by Gasteiger charge is 2.31. The third kappa shape index (κ3) is 4.93. The number of anilines is 1. The number of alkyl halides is 3. The number of benzene rings is 1. The van der Waals surface area contributed by atoms with Crippen LogP contribution < -0.4 is 10.6 Å². The second-order valence-corrected chi connectivity index (χ2v) is 4.43. The van der Waals surface area contributed by atoms with Crippen molar-refractivity contribution in [3.05, 3.63) is 33.9 Å². The standard InChI is InChI=1S/C12H14F3N3O3/c1-7(6-12(13,14)15)17-11(19)9-5-8(16-2)3-4-10(9)18(20)21/h3-5,7,16H,6H2,1-2H3,(H,17,19). The summed E-state index contributed by atoms with van der Waals surface area (Å²) in [4.78, 5) is 22.0. The molecule has 21 heavy (non-hydrogen) atoms. The molecule has 1 aromatic carbocycles. The number of nitro groups is 1. The number of carbonyl (C=O) groups is 1. The molecule has 6 nitrogen and oxygen atoms in total. The van der Waals surface area contributed by atoms with Gasteiger partial charge in [0.05, 0.1) is 11.3 Å². The summed E-state index contributed by atoms with van der Waals surface area (Å²) in [5.74, 6) is -0.921. The van der Waals surface area contributed by atoms with Gasteiger partial charge in [0.1, 0.15) is 5.56 Å². The van der Waals surface area contributed by atoms with Gasteiger partial charge >= 0.3 is 6.18 Å². The monoisotopic (exact) mass is 305 g/mol. The minimum absolute atomic E-state index is 0.291. The Hall–Kier alpha value is -2.32. The minimum atomic E-state index is -4.43. The molecule has 0 fully saturated rings. The summed E-state index contributed by atoms with van der Waals surface area (Å²) >= 11 is 0. The van der Waals surface area contributed by atoms with Gasteiger partial charge in [-0.25, -0.2) is 0 Å². The van der Waals surface area contributed by atoms with E-state index >= 15 is 0 Å². The molecule has 0 saturated carbocycles. The first-order valence-electron chi connectivity index (χ1n) is 5.98. The second-order valence-electron chi connectivity index (χ2n) is 4.43. The number of nitrogens with one attached hydrogen (secondary N) is 2. The Kier molecular flexibility index (Phi) is 5.12. The lowest BCUT2D eigenvalue weighted by molar-refractivity contribution is -0.385. The molecule has 1 atom stereocenters. The summed E-state index contributed by atoms with van der Waals surface area (Å²) in [7, 11) is 1.55. The highest BCUT2D eigenvalue weighted by atomic mass is 19.4. The molecule has 1 amide bonds. The summed E-state index contributed by atoms with van der Waals surface area (Å²) in [5, 5.41) is 15.7. The van der Waals surface area contributed by atoms with E-state index in [1.165, 1.54) is 19.1 Å². The summed E-state index contributed by atoms with van der Waals surface area (Å²) in [5.41, 5.74) is -0.319. The average molecular weight is 305 g/mol. The lowest BCUT2D eigenvalue weighted by Crippen LogP contribution is -2.36. The minimum Gasteiger partial charge on any atom is -0.388 e. The molecule has 0 heterocycles. The zero-order chi connectivity index (χ0) is 16.2. The number of nitrogens with zero attached hydrogens (tertiary/aromatic N) is 1. The Balaban J connectivity index is 2.98. The average Bonchev–Trinajstić information content (AvgIpc) is 2.35. The molecule has 116 valence electrons. The Bertz CT molecular complexity index is 546. The van der Waals surface area contributed by atoms with E-state index < -0.39 is 35.2 Å². The van der Waals surface area contributed by atoms with Crippen molar-refractivity contribution < 1.29 is 22.9 Å². The SMILES string of the molecule is CNc1ccc([N+](=O)[O-])c(C(=O)NC(C)CC(F)(F)F)c1. The van der Waals surface area contributed by atoms with Crippen molar-refractivity contribution in [2.45, 2.75) is 25.6 Å². The molecular formula is C12H14F3N3O3. The van der Waals surface area contributed by atoms with Gasteiger partial charge in [0.2, 0.25) is 0 Å². The zero-order valence-electron chi connectivity index (χ0n) is 11.3. The van der Waals surface area contributed by atoms with Crippen LogP contribution in [-0.4, -0.2) is 30.1 Å². The smallest absolute Gasteiger partial charge is 0.388 e. The molecule has 0 aliphatic heterocycles. The van der Waals surface area contributed by atoms with Gasteiger partial charge in [-0.15, -0.1) is 0 Å². The van der Waals surface area contributed by atoms with Crippen molar-refractivity contribution in [3.8, 4) is 0 Å². The second kappa shape index (κ2) is 6.42. The first-order valence-corrected chi connectivity index (χ1v) is 5.98. The topological polar surface area (TPSA) is 84.3 Å². The van der Waals surface area contributed by atoms with Gasteiger partial charge in [0.25, 0.3) is 11.6 Å². The van der Waals surface area contributed by atoms with Crippen LogP contribution in [-0.2, 0) is 0 Å². The van der Waals surface area contributed by atoms with Crippen LogP contribution in [0.25, 0.3) is 0 Å². The highest BCUT2D eigenvalue weighted by molar-refractivity contribution is 5.99. The number of hydrogen-bond donors (Lipinski definition) is 2. The molecule has 0 bridgehead atoms. The predicted molar refractivity (Wildman–Crippen MR) is 70.2 cm³/mol. The first-order chi connectivity index (χ1) is 9.64. The number of rotatable bonds is 5. The molecule has 9 heteroatoms. The van der Waals surface area contributed by atoms with Crippen LogP contribution in [0.5, 0.6) is 0 Å². The molecule has 0 spiro atoms. The summed E-state index contributed by atoms with van der Waals surface area (Å²) < 4.78 is 36.6. The van der Waals surface area contributed by atoms with Crippen LogP contribution in [0.2, 0.25) is 0 Å². The highest BCUT2D eigenvalue weighted by Crippen LogP contribution is 2.24. The summed E-state index contributed by atoms with van der Waals surface area (Å²) in [6.45, 7) is 1.18. The van der Waals surface area contributed by atoms with Crippen molar-refractivity contribution in [2.75, 3.05) is 12.4 Å². The van der Waals surface area contributed by atoms with Gasteiger partial charge in [0.15, 0.2) is 0 Å². The van der Waals surface area contributed by atoms with E-state index in [0.717, 1.165) is 6.07 Å². The molecule has 0 radical (unpaired) electrons. The molecule has 0 saturated heterocycles. The van der Waals surface area contributed by atoms with Gasteiger partial charge < -0.3 is 10.6 Å². The molecule has 1 rings (SSSR count).